The zero-order valence-corrected chi connectivity index (χ0v) is 6.53. The van der Waals surface area contributed by atoms with Crippen LogP contribution < -0.4 is 5.56 Å². The molecular weight excluding hydrogens is 209 g/mol. The third-order valence-corrected chi connectivity index (χ3v) is 1.46. The summed E-state index contributed by atoms with van der Waals surface area (Å²) < 4.78 is 60.4. The number of aromatic nitrogens is 1. The predicted octanol–water partition coefficient (Wildman–Crippen LogP) is 2.03. The Labute approximate surface area is 74.4 Å². The summed E-state index contributed by atoms with van der Waals surface area (Å²) in [7, 11) is 0. The molecule has 0 bridgehead atoms. The van der Waals surface area contributed by atoms with Crippen LogP contribution in [0.15, 0.2) is 23.0 Å². The maximum absolute atomic E-state index is 12.5. The summed E-state index contributed by atoms with van der Waals surface area (Å²) in [5.41, 5.74) is -2.47. The van der Waals surface area contributed by atoms with Crippen LogP contribution in [0, 0.1) is 0 Å². The van der Waals surface area contributed by atoms with Crippen molar-refractivity contribution in [2.24, 2.45) is 0 Å². The molecule has 0 saturated carbocycles. The van der Waals surface area contributed by atoms with E-state index in [1.807, 2.05) is 0 Å². The second-order valence-corrected chi connectivity index (χ2v) is 2.50. The van der Waals surface area contributed by atoms with E-state index in [-0.39, 0.29) is 0 Å². The summed E-state index contributed by atoms with van der Waals surface area (Å²) in [4.78, 5) is 11.9. The average Bonchev–Trinajstić information content (AvgIpc) is 2.02. The molecule has 2 nitrogen and oxygen atoms in total. The highest BCUT2D eigenvalue weighted by atomic mass is 19.4. The second-order valence-electron chi connectivity index (χ2n) is 2.50. The van der Waals surface area contributed by atoms with Crippen LogP contribution in [0.1, 0.15) is 5.69 Å². The van der Waals surface area contributed by atoms with Crippen molar-refractivity contribution in [2.75, 3.05) is 0 Å². The Morgan fingerprint density at radius 2 is 1.64 bits per heavy atom. The topological polar surface area (TPSA) is 32.9 Å². The fraction of sp³-hybridized carbons (Fsp3) is 0.286. The maximum Gasteiger partial charge on any atom is 0.459 e. The van der Waals surface area contributed by atoms with E-state index in [4.69, 9.17) is 0 Å². The Morgan fingerprint density at radius 3 is 2.07 bits per heavy atom. The Hall–Kier alpha value is -1.40. The van der Waals surface area contributed by atoms with Crippen LogP contribution in [0.4, 0.5) is 22.0 Å². The fourth-order valence-electron chi connectivity index (χ4n) is 0.784. The summed E-state index contributed by atoms with van der Waals surface area (Å²) in [5, 5.41) is 0. The van der Waals surface area contributed by atoms with Crippen molar-refractivity contribution < 1.29 is 22.0 Å². The molecule has 0 spiro atoms. The summed E-state index contributed by atoms with van der Waals surface area (Å²) in [5.74, 6) is -5.03. The molecule has 0 aliphatic rings. The molecule has 0 aliphatic heterocycles. The number of hydrogen-bond acceptors (Lipinski definition) is 1. The second kappa shape index (κ2) is 3.07. The van der Waals surface area contributed by atoms with Crippen LogP contribution in [0.25, 0.3) is 0 Å². The lowest BCUT2D eigenvalue weighted by atomic mass is 10.2. The standard InChI is InChI=1S/C7H4F5NO/c8-6(9,7(10,11)12)4-2-1-3-5(14)13-4/h1-3H,(H,13,14). The Kier molecular flexibility index (Phi) is 2.34. The molecule has 1 rings (SSSR count). The van der Waals surface area contributed by atoms with E-state index >= 15 is 0 Å². The number of hydrogen-bond donors (Lipinski definition) is 1. The van der Waals surface area contributed by atoms with Gasteiger partial charge in [0, 0.05) is 6.07 Å². The van der Waals surface area contributed by atoms with Crippen LogP contribution in [0.3, 0.4) is 0 Å². The molecule has 0 saturated heterocycles. The van der Waals surface area contributed by atoms with E-state index in [2.05, 4.69) is 0 Å². The zero-order chi connectivity index (χ0) is 11.0. The van der Waals surface area contributed by atoms with Gasteiger partial charge < -0.3 is 4.98 Å². The molecule has 1 N–H and O–H groups in total. The van der Waals surface area contributed by atoms with E-state index in [0.29, 0.717) is 6.07 Å². The predicted molar refractivity (Wildman–Crippen MR) is 37.0 cm³/mol. The van der Waals surface area contributed by atoms with Gasteiger partial charge in [0.25, 0.3) is 0 Å². The molecule has 7 heteroatoms. The molecule has 0 aliphatic carbocycles. The number of nitrogens with one attached hydrogen (secondary N) is 1. The van der Waals surface area contributed by atoms with Crippen LogP contribution in [-0.2, 0) is 5.92 Å². The van der Waals surface area contributed by atoms with Crippen molar-refractivity contribution in [1.29, 1.82) is 0 Å². The molecule has 1 aromatic heterocycles. The smallest absolute Gasteiger partial charge is 0.321 e. The lowest BCUT2D eigenvalue weighted by Gasteiger charge is -2.18. The van der Waals surface area contributed by atoms with Gasteiger partial charge in [0.15, 0.2) is 0 Å². The highest BCUT2D eigenvalue weighted by Gasteiger charge is 2.59. The van der Waals surface area contributed by atoms with Crippen molar-refractivity contribution in [1.82, 2.24) is 4.98 Å². The summed E-state index contributed by atoms with van der Waals surface area (Å²) >= 11 is 0. The van der Waals surface area contributed by atoms with Gasteiger partial charge in [-0.25, -0.2) is 0 Å². The minimum atomic E-state index is -5.71. The van der Waals surface area contributed by atoms with Gasteiger partial charge in [0.2, 0.25) is 5.56 Å². The largest absolute Gasteiger partial charge is 0.459 e. The van der Waals surface area contributed by atoms with Crippen molar-refractivity contribution in [3.63, 3.8) is 0 Å². The van der Waals surface area contributed by atoms with Crippen molar-refractivity contribution >= 4 is 0 Å². The summed E-state index contributed by atoms with van der Waals surface area (Å²) in [6.45, 7) is 0. The van der Waals surface area contributed by atoms with Gasteiger partial charge in [-0.15, -0.1) is 0 Å². The van der Waals surface area contributed by atoms with Gasteiger partial charge in [-0.05, 0) is 6.07 Å². The highest BCUT2D eigenvalue weighted by molar-refractivity contribution is 5.12. The van der Waals surface area contributed by atoms with Crippen molar-refractivity contribution in [3.8, 4) is 0 Å². The number of alkyl halides is 5. The molecule has 1 aromatic rings. The van der Waals surface area contributed by atoms with Crippen LogP contribution in [0.5, 0.6) is 0 Å². The quantitative estimate of drug-likeness (QED) is 0.711. The van der Waals surface area contributed by atoms with Gasteiger partial charge >= 0.3 is 12.1 Å². The van der Waals surface area contributed by atoms with Crippen LogP contribution in [0.2, 0.25) is 0 Å². The third kappa shape index (κ3) is 1.75. The van der Waals surface area contributed by atoms with Crippen molar-refractivity contribution in [3.05, 3.63) is 34.2 Å². The van der Waals surface area contributed by atoms with E-state index in [1.54, 1.807) is 0 Å². The van der Waals surface area contributed by atoms with Gasteiger partial charge in [-0.3, -0.25) is 4.79 Å². The zero-order valence-electron chi connectivity index (χ0n) is 6.53. The molecule has 14 heavy (non-hydrogen) atoms. The first-order chi connectivity index (χ1) is 6.25. The van der Waals surface area contributed by atoms with E-state index < -0.39 is 23.4 Å². The summed E-state index contributed by atoms with van der Waals surface area (Å²) in [6.07, 6.45) is -5.71. The molecule has 78 valence electrons. The average molecular weight is 213 g/mol. The monoisotopic (exact) mass is 213 g/mol. The third-order valence-electron chi connectivity index (χ3n) is 1.46. The molecule has 0 atom stereocenters. The van der Waals surface area contributed by atoms with Gasteiger partial charge in [-0.2, -0.15) is 22.0 Å². The van der Waals surface area contributed by atoms with E-state index in [9.17, 15) is 26.7 Å². The number of aromatic amines is 1. The summed E-state index contributed by atoms with van der Waals surface area (Å²) in [6, 6.07) is 2.18. The van der Waals surface area contributed by atoms with Crippen LogP contribution in [-0.4, -0.2) is 11.2 Å². The number of rotatable bonds is 1. The molecule has 0 fully saturated rings. The van der Waals surface area contributed by atoms with Gasteiger partial charge in [0.05, 0.1) is 5.69 Å². The molecule has 1 heterocycles. The van der Waals surface area contributed by atoms with Crippen molar-refractivity contribution in [2.45, 2.75) is 12.1 Å². The molecule has 0 amide bonds. The Bertz CT molecular complexity index is 380. The Morgan fingerprint density at radius 1 is 1.07 bits per heavy atom. The number of pyridine rings is 1. The minimum Gasteiger partial charge on any atom is -0.321 e. The highest BCUT2D eigenvalue weighted by Crippen LogP contribution is 2.42. The molecule has 0 aromatic carbocycles. The number of H-pyrrole nitrogens is 1. The van der Waals surface area contributed by atoms with Gasteiger partial charge in [0.1, 0.15) is 0 Å². The SMILES string of the molecule is O=c1cccc(C(F)(F)C(F)(F)F)[nH]1. The normalized spacial score (nSPS) is 12.9. The van der Waals surface area contributed by atoms with Crippen LogP contribution >= 0.6 is 0 Å². The van der Waals surface area contributed by atoms with Gasteiger partial charge in [-0.1, -0.05) is 6.07 Å². The molecular formula is C7H4F5NO. The minimum absolute atomic E-state index is 0.509. The maximum atomic E-state index is 12.5. The van der Waals surface area contributed by atoms with E-state index in [1.165, 1.54) is 4.98 Å². The lowest BCUT2D eigenvalue weighted by molar-refractivity contribution is -0.291. The molecule has 0 radical (unpaired) electrons. The fourth-order valence-corrected chi connectivity index (χ4v) is 0.784. The van der Waals surface area contributed by atoms with E-state index in [0.717, 1.165) is 12.1 Å². The number of halogens is 5. The molecule has 0 unspecified atom stereocenters. The Balaban J connectivity index is 3.23. The first-order valence-corrected chi connectivity index (χ1v) is 3.39. The lowest BCUT2D eigenvalue weighted by Crippen LogP contribution is -2.35. The first-order valence-electron chi connectivity index (χ1n) is 3.39. The first kappa shape index (κ1) is 10.7.